The molecular formula is C21H22Cl2N4O2. The van der Waals surface area contributed by atoms with Crippen LogP contribution in [0.2, 0.25) is 10.0 Å². The fourth-order valence-corrected chi connectivity index (χ4v) is 3.19. The van der Waals surface area contributed by atoms with Gasteiger partial charge < -0.3 is 20.8 Å². The summed E-state index contributed by atoms with van der Waals surface area (Å²) in [5.74, 6) is 0.920. The number of phenolic OH excluding ortho intramolecular Hbond substituents is 1. The highest BCUT2D eigenvalue weighted by Gasteiger charge is 2.15. The Morgan fingerprint density at radius 1 is 1.00 bits per heavy atom. The molecule has 0 aliphatic rings. The number of aliphatic hydroxyl groups is 1. The molecule has 1 aromatic heterocycles. The number of aliphatic hydroxyl groups excluding tert-OH is 1. The summed E-state index contributed by atoms with van der Waals surface area (Å²) in [4.78, 5) is 9.11. The maximum absolute atomic E-state index is 9.76. The highest BCUT2D eigenvalue weighted by Crippen LogP contribution is 2.35. The lowest BCUT2D eigenvalue weighted by Gasteiger charge is -2.21. The zero-order valence-corrected chi connectivity index (χ0v) is 17.5. The topological polar surface area (TPSA) is 90.3 Å². The van der Waals surface area contributed by atoms with Gasteiger partial charge in [-0.15, -0.1) is 0 Å². The first kappa shape index (κ1) is 21.2. The van der Waals surface area contributed by atoms with Crippen molar-refractivity contribution in [2.45, 2.75) is 19.9 Å². The van der Waals surface area contributed by atoms with E-state index in [0.717, 1.165) is 5.56 Å². The molecule has 0 spiro atoms. The molecule has 3 aromatic rings. The van der Waals surface area contributed by atoms with Crippen LogP contribution in [0, 0.1) is 5.92 Å². The van der Waals surface area contributed by atoms with Crippen molar-refractivity contribution in [2.75, 3.05) is 17.2 Å². The molecule has 0 unspecified atom stereocenters. The molecule has 8 heteroatoms. The summed E-state index contributed by atoms with van der Waals surface area (Å²) < 4.78 is 0. The first-order valence-corrected chi connectivity index (χ1v) is 9.90. The molecule has 0 bridgehead atoms. The van der Waals surface area contributed by atoms with E-state index in [1.165, 1.54) is 0 Å². The zero-order chi connectivity index (χ0) is 21.0. The van der Waals surface area contributed by atoms with E-state index in [4.69, 9.17) is 23.2 Å². The van der Waals surface area contributed by atoms with Crippen molar-refractivity contribution in [3.63, 3.8) is 0 Å². The summed E-state index contributed by atoms with van der Waals surface area (Å²) in [6, 6.07) is 14.4. The maximum atomic E-state index is 9.76. The van der Waals surface area contributed by atoms with Gasteiger partial charge in [0, 0.05) is 17.3 Å². The molecule has 0 aliphatic heterocycles. The lowest BCUT2D eigenvalue weighted by atomic mass is 10.1. The number of rotatable bonds is 7. The van der Waals surface area contributed by atoms with E-state index in [2.05, 4.69) is 20.6 Å². The Morgan fingerprint density at radius 2 is 1.66 bits per heavy atom. The van der Waals surface area contributed by atoms with Gasteiger partial charge in [-0.2, -0.15) is 4.98 Å². The molecule has 29 heavy (non-hydrogen) atoms. The molecule has 6 nitrogen and oxygen atoms in total. The van der Waals surface area contributed by atoms with Crippen LogP contribution >= 0.6 is 23.2 Å². The zero-order valence-electron chi connectivity index (χ0n) is 16.0. The van der Waals surface area contributed by atoms with Crippen LogP contribution in [-0.2, 0) is 0 Å². The van der Waals surface area contributed by atoms with Crippen molar-refractivity contribution in [1.82, 2.24) is 9.97 Å². The Kier molecular flexibility index (Phi) is 6.79. The highest BCUT2D eigenvalue weighted by atomic mass is 35.5. The molecule has 0 saturated carbocycles. The van der Waals surface area contributed by atoms with Crippen LogP contribution in [0.1, 0.15) is 13.8 Å². The van der Waals surface area contributed by atoms with E-state index in [-0.39, 0.29) is 34.4 Å². The predicted molar refractivity (Wildman–Crippen MR) is 118 cm³/mol. The van der Waals surface area contributed by atoms with E-state index in [1.54, 1.807) is 18.2 Å². The number of benzene rings is 2. The number of hydrogen-bond donors (Lipinski definition) is 4. The summed E-state index contributed by atoms with van der Waals surface area (Å²) in [6.07, 6.45) is 0. The average molecular weight is 433 g/mol. The summed E-state index contributed by atoms with van der Waals surface area (Å²) in [5, 5.41) is 26.0. The summed E-state index contributed by atoms with van der Waals surface area (Å²) in [7, 11) is 0. The minimum absolute atomic E-state index is 0.0392. The first-order valence-electron chi connectivity index (χ1n) is 9.14. The number of phenols is 1. The Labute approximate surface area is 179 Å². The second kappa shape index (κ2) is 9.31. The van der Waals surface area contributed by atoms with Crippen LogP contribution in [-0.4, -0.2) is 32.8 Å². The van der Waals surface area contributed by atoms with Crippen LogP contribution in [0.25, 0.3) is 11.3 Å². The third-order valence-corrected chi connectivity index (χ3v) is 4.98. The number of aromatic nitrogens is 2. The number of halogens is 2. The predicted octanol–water partition coefficient (Wildman–Crippen LogP) is 5.33. The van der Waals surface area contributed by atoms with Crippen LogP contribution in [0.3, 0.4) is 0 Å². The quantitative estimate of drug-likeness (QED) is 0.377. The van der Waals surface area contributed by atoms with Gasteiger partial charge in [0.25, 0.3) is 0 Å². The van der Waals surface area contributed by atoms with Crippen LogP contribution in [0.15, 0.2) is 48.5 Å². The molecule has 0 radical (unpaired) electrons. The Morgan fingerprint density at radius 3 is 2.24 bits per heavy atom. The number of aromatic hydroxyl groups is 1. The van der Waals surface area contributed by atoms with Crippen molar-refractivity contribution in [2.24, 2.45) is 5.92 Å². The smallest absolute Gasteiger partial charge is 0.225 e. The van der Waals surface area contributed by atoms with Crippen molar-refractivity contribution in [3.8, 4) is 17.0 Å². The van der Waals surface area contributed by atoms with Gasteiger partial charge in [-0.05, 0) is 18.1 Å². The summed E-state index contributed by atoms with van der Waals surface area (Å²) in [6.45, 7) is 3.98. The van der Waals surface area contributed by atoms with Crippen LogP contribution in [0.4, 0.5) is 17.5 Å². The summed E-state index contributed by atoms with van der Waals surface area (Å²) in [5.41, 5.74) is 2.21. The number of nitrogens with one attached hydrogen (secondary N) is 2. The molecule has 1 heterocycles. The molecule has 0 amide bonds. The van der Waals surface area contributed by atoms with Gasteiger partial charge in [0.1, 0.15) is 5.82 Å². The molecule has 0 fully saturated rings. The first-order chi connectivity index (χ1) is 13.9. The van der Waals surface area contributed by atoms with Crippen molar-refractivity contribution in [1.29, 1.82) is 0 Å². The van der Waals surface area contributed by atoms with E-state index >= 15 is 0 Å². The van der Waals surface area contributed by atoms with E-state index in [1.807, 2.05) is 44.2 Å². The molecule has 4 N–H and O–H groups in total. The molecule has 3 rings (SSSR count). The van der Waals surface area contributed by atoms with Gasteiger partial charge >= 0.3 is 0 Å². The van der Waals surface area contributed by atoms with Crippen molar-refractivity contribution >= 4 is 40.7 Å². The van der Waals surface area contributed by atoms with E-state index < -0.39 is 0 Å². The van der Waals surface area contributed by atoms with Crippen molar-refractivity contribution < 1.29 is 10.2 Å². The Hall–Kier alpha value is -2.54. The number of hydrogen-bond acceptors (Lipinski definition) is 6. The lowest BCUT2D eigenvalue weighted by Crippen LogP contribution is -2.30. The second-order valence-electron chi connectivity index (χ2n) is 6.92. The molecule has 152 valence electrons. The SMILES string of the molecule is CC(C)[C@@H](CO)Nc1nc(Nc2cc(Cl)c(O)c(Cl)c2)cc(-c2ccccc2)n1. The molecule has 1 atom stereocenters. The maximum Gasteiger partial charge on any atom is 0.225 e. The Balaban J connectivity index is 2.00. The number of anilines is 3. The van der Waals surface area contributed by atoms with Crippen LogP contribution < -0.4 is 10.6 Å². The van der Waals surface area contributed by atoms with Gasteiger partial charge in [0.2, 0.25) is 5.95 Å². The van der Waals surface area contributed by atoms with Gasteiger partial charge in [0.05, 0.1) is 28.4 Å². The van der Waals surface area contributed by atoms with Crippen molar-refractivity contribution in [3.05, 3.63) is 58.6 Å². The second-order valence-corrected chi connectivity index (χ2v) is 7.73. The summed E-state index contributed by atoms with van der Waals surface area (Å²) >= 11 is 12.0. The fraction of sp³-hybridized carbons (Fsp3) is 0.238. The Bertz CT molecular complexity index is 961. The third kappa shape index (κ3) is 5.29. The van der Waals surface area contributed by atoms with Gasteiger partial charge in [-0.25, -0.2) is 4.98 Å². The molecule has 0 saturated heterocycles. The third-order valence-electron chi connectivity index (χ3n) is 4.40. The molecule has 0 aliphatic carbocycles. The highest BCUT2D eigenvalue weighted by molar-refractivity contribution is 6.37. The lowest BCUT2D eigenvalue weighted by molar-refractivity contribution is 0.248. The minimum atomic E-state index is -0.188. The minimum Gasteiger partial charge on any atom is -0.505 e. The van der Waals surface area contributed by atoms with E-state index in [9.17, 15) is 10.2 Å². The standard InChI is InChI=1S/C21H22Cl2N4O2/c1-12(2)18(11-28)26-21-25-17(13-6-4-3-5-7-13)10-19(27-21)24-14-8-15(22)20(29)16(23)9-14/h3-10,12,18,28-29H,11H2,1-2H3,(H2,24,25,26,27)/t18-/m1/s1. The van der Waals surface area contributed by atoms with Gasteiger partial charge in [-0.3, -0.25) is 0 Å². The monoisotopic (exact) mass is 432 g/mol. The average Bonchev–Trinajstić information content (AvgIpc) is 2.70. The number of nitrogens with zero attached hydrogens (tertiary/aromatic N) is 2. The molecular weight excluding hydrogens is 411 g/mol. The van der Waals surface area contributed by atoms with E-state index in [0.29, 0.717) is 23.1 Å². The van der Waals surface area contributed by atoms with Gasteiger partial charge in [-0.1, -0.05) is 67.4 Å². The fourth-order valence-electron chi connectivity index (χ4n) is 2.71. The molecule has 2 aromatic carbocycles. The van der Waals surface area contributed by atoms with Gasteiger partial charge in [0.15, 0.2) is 5.75 Å². The largest absolute Gasteiger partial charge is 0.505 e. The van der Waals surface area contributed by atoms with Crippen LogP contribution in [0.5, 0.6) is 5.75 Å². The normalized spacial score (nSPS) is 12.1.